The molecular formula is C20H19ClFN3O4S. The number of thiazole rings is 1. The fourth-order valence-corrected chi connectivity index (χ4v) is 3.91. The van der Waals surface area contributed by atoms with Crippen LogP contribution in [0.15, 0.2) is 46.0 Å². The quantitative estimate of drug-likeness (QED) is 0.586. The van der Waals surface area contributed by atoms with Crippen molar-refractivity contribution in [1.29, 1.82) is 0 Å². The molecule has 7 nitrogen and oxygen atoms in total. The Labute approximate surface area is 181 Å². The largest absolute Gasteiger partial charge is 0.481 e. The van der Waals surface area contributed by atoms with Crippen LogP contribution in [0.1, 0.15) is 42.8 Å². The number of carboxylic acids is 1. The monoisotopic (exact) mass is 451 g/mol. The van der Waals surface area contributed by atoms with Crippen LogP contribution in [-0.4, -0.2) is 34.5 Å². The second kappa shape index (κ2) is 9.82. The lowest BCUT2D eigenvalue weighted by molar-refractivity contribution is -0.139. The summed E-state index contributed by atoms with van der Waals surface area (Å²) in [5.41, 5.74) is 1.14. The zero-order valence-corrected chi connectivity index (χ0v) is 17.6. The number of hydrogen-bond acceptors (Lipinski definition) is 7. The Morgan fingerprint density at radius 1 is 1.40 bits per heavy atom. The lowest BCUT2D eigenvalue weighted by Crippen LogP contribution is -2.34. The fraction of sp³-hybridized carbons (Fsp3) is 0.300. The Morgan fingerprint density at radius 2 is 2.20 bits per heavy atom. The molecule has 1 aliphatic heterocycles. The van der Waals surface area contributed by atoms with Crippen LogP contribution in [-0.2, 0) is 14.3 Å². The Bertz CT molecular complexity index is 1010. The summed E-state index contributed by atoms with van der Waals surface area (Å²) < 4.78 is 18.8. The molecule has 1 atom stereocenters. The average molecular weight is 452 g/mol. The van der Waals surface area contributed by atoms with Crippen molar-refractivity contribution in [2.24, 2.45) is 4.99 Å². The number of nitrogens with one attached hydrogen (secondary N) is 1. The second-order valence-electron chi connectivity index (χ2n) is 6.37. The number of aliphatic imine (C=N–C) groups is 1. The number of ether oxygens (including phenoxy) is 1. The summed E-state index contributed by atoms with van der Waals surface area (Å²) in [4.78, 5) is 32.7. The Morgan fingerprint density at radius 3 is 2.83 bits per heavy atom. The molecule has 0 fully saturated rings. The number of amidine groups is 1. The van der Waals surface area contributed by atoms with E-state index in [4.69, 9.17) is 21.4 Å². The highest BCUT2D eigenvalue weighted by Gasteiger charge is 2.33. The summed E-state index contributed by atoms with van der Waals surface area (Å²) >= 11 is 7.63. The van der Waals surface area contributed by atoms with Gasteiger partial charge in [-0.05, 0) is 31.9 Å². The fourth-order valence-electron chi connectivity index (χ4n) is 3.06. The first-order valence-electron chi connectivity index (χ1n) is 9.22. The molecule has 0 amide bonds. The van der Waals surface area contributed by atoms with Crippen LogP contribution >= 0.6 is 22.9 Å². The highest BCUT2D eigenvalue weighted by Crippen LogP contribution is 2.37. The van der Waals surface area contributed by atoms with Gasteiger partial charge in [-0.15, -0.1) is 11.3 Å². The predicted molar refractivity (Wildman–Crippen MR) is 111 cm³/mol. The number of benzene rings is 1. The van der Waals surface area contributed by atoms with E-state index in [0.717, 1.165) is 6.07 Å². The van der Waals surface area contributed by atoms with Crippen LogP contribution in [0.5, 0.6) is 0 Å². The van der Waals surface area contributed by atoms with E-state index < -0.39 is 23.8 Å². The zero-order valence-electron chi connectivity index (χ0n) is 16.0. The van der Waals surface area contributed by atoms with Gasteiger partial charge >= 0.3 is 11.9 Å². The Hall–Kier alpha value is -2.78. The van der Waals surface area contributed by atoms with E-state index in [1.807, 2.05) is 0 Å². The minimum Gasteiger partial charge on any atom is -0.481 e. The molecule has 1 unspecified atom stereocenters. The third-order valence-corrected chi connectivity index (χ3v) is 5.44. The van der Waals surface area contributed by atoms with Crippen LogP contribution in [0.2, 0.25) is 5.02 Å². The van der Waals surface area contributed by atoms with Crippen molar-refractivity contribution in [3.8, 4) is 0 Å². The summed E-state index contributed by atoms with van der Waals surface area (Å²) in [6, 6.07) is 3.03. The van der Waals surface area contributed by atoms with Crippen LogP contribution in [0.3, 0.4) is 0 Å². The van der Waals surface area contributed by atoms with Crippen molar-refractivity contribution < 1.29 is 23.8 Å². The molecule has 30 heavy (non-hydrogen) atoms. The number of hydrogen-bond donors (Lipinski definition) is 2. The van der Waals surface area contributed by atoms with Gasteiger partial charge in [-0.1, -0.05) is 17.7 Å². The molecule has 1 aromatic carbocycles. The molecule has 0 saturated carbocycles. The number of halogens is 2. The number of rotatable bonds is 8. The van der Waals surface area contributed by atoms with E-state index in [-0.39, 0.29) is 30.0 Å². The molecule has 0 radical (unpaired) electrons. The summed E-state index contributed by atoms with van der Waals surface area (Å²) in [5.74, 6) is -1.61. The molecule has 2 aromatic rings. The molecule has 0 bridgehead atoms. The van der Waals surface area contributed by atoms with Crippen LogP contribution in [0.4, 0.5) is 4.39 Å². The van der Waals surface area contributed by atoms with Gasteiger partial charge in [0.05, 0.1) is 12.2 Å². The van der Waals surface area contributed by atoms with Crippen LogP contribution in [0.25, 0.3) is 0 Å². The van der Waals surface area contributed by atoms with Gasteiger partial charge in [-0.25, -0.2) is 14.2 Å². The van der Waals surface area contributed by atoms with E-state index >= 15 is 0 Å². The molecule has 1 aromatic heterocycles. The molecular weight excluding hydrogens is 433 g/mol. The number of carbonyl (C=O) groups is 2. The van der Waals surface area contributed by atoms with Crippen molar-refractivity contribution in [2.45, 2.75) is 32.2 Å². The summed E-state index contributed by atoms with van der Waals surface area (Å²) in [5, 5.41) is 14.6. The molecule has 2 N–H and O–H groups in total. The van der Waals surface area contributed by atoms with Gasteiger partial charge in [0, 0.05) is 34.3 Å². The van der Waals surface area contributed by atoms with Crippen molar-refractivity contribution in [3.05, 3.63) is 62.5 Å². The SMILES string of the molecule is CCOC(=O)C1=C(CCCC(=O)O)NC(c2nccs2)=NC1c1ccc(F)cc1Cl. The molecule has 10 heteroatoms. The van der Waals surface area contributed by atoms with Gasteiger partial charge < -0.3 is 15.2 Å². The van der Waals surface area contributed by atoms with Gasteiger partial charge in [0.25, 0.3) is 0 Å². The second-order valence-corrected chi connectivity index (χ2v) is 7.67. The number of esters is 1. The van der Waals surface area contributed by atoms with Crippen molar-refractivity contribution in [3.63, 3.8) is 0 Å². The summed E-state index contributed by atoms with van der Waals surface area (Å²) in [7, 11) is 0. The zero-order chi connectivity index (χ0) is 21.7. The van der Waals surface area contributed by atoms with E-state index in [0.29, 0.717) is 28.5 Å². The summed E-state index contributed by atoms with van der Waals surface area (Å²) in [6.45, 7) is 1.83. The Balaban J connectivity index is 2.11. The van der Waals surface area contributed by atoms with Crippen molar-refractivity contribution in [2.75, 3.05) is 6.61 Å². The lowest BCUT2D eigenvalue weighted by atomic mass is 9.93. The first-order chi connectivity index (χ1) is 14.4. The smallest absolute Gasteiger partial charge is 0.338 e. The molecule has 158 valence electrons. The van der Waals surface area contributed by atoms with Gasteiger partial charge in [-0.3, -0.25) is 9.79 Å². The number of nitrogens with zero attached hydrogens (tertiary/aromatic N) is 2. The standard InChI is InChI=1S/C20H19ClFN3O4S/c1-2-29-20(28)16-14(4-3-5-15(26)27)24-18(19-23-8-9-30-19)25-17(16)12-7-6-11(22)10-13(12)21/h6-10,17H,2-5H2,1H3,(H,24,25)(H,26,27). The molecule has 1 aliphatic rings. The molecule has 0 aliphatic carbocycles. The molecule has 2 heterocycles. The maximum absolute atomic E-state index is 13.6. The first-order valence-corrected chi connectivity index (χ1v) is 10.5. The van der Waals surface area contributed by atoms with Gasteiger partial charge in [-0.2, -0.15) is 0 Å². The van der Waals surface area contributed by atoms with Gasteiger partial charge in [0.2, 0.25) is 0 Å². The first kappa shape index (κ1) is 21.9. The molecule has 0 spiro atoms. The number of carbonyl (C=O) groups excluding carboxylic acids is 1. The van der Waals surface area contributed by atoms with Gasteiger partial charge in [0.1, 0.15) is 11.9 Å². The third-order valence-electron chi connectivity index (χ3n) is 4.33. The van der Waals surface area contributed by atoms with E-state index in [1.54, 1.807) is 18.5 Å². The third kappa shape index (κ3) is 5.03. The van der Waals surface area contributed by atoms with E-state index in [9.17, 15) is 14.0 Å². The summed E-state index contributed by atoms with van der Waals surface area (Å²) in [6.07, 6.45) is 2.14. The topological polar surface area (TPSA) is 101 Å². The number of aliphatic carboxylic acids is 1. The maximum atomic E-state index is 13.6. The highest BCUT2D eigenvalue weighted by atomic mass is 35.5. The molecule has 0 saturated heterocycles. The van der Waals surface area contributed by atoms with Crippen LogP contribution in [0, 0.1) is 5.82 Å². The minimum absolute atomic E-state index is 0.0625. The highest BCUT2D eigenvalue weighted by molar-refractivity contribution is 7.11. The van der Waals surface area contributed by atoms with E-state index in [1.165, 1.54) is 23.5 Å². The normalized spacial score (nSPS) is 16.1. The number of carboxylic acid groups (broad SMARTS) is 1. The van der Waals surface area contributed by atoms with Gasteiger partial charge in [0.15, 0.2) is 10.8 Å². The molecule has 3 rings (SSSR count). The van der Waals surface area contributed by atoms with E-state index in [2.05, 4.69) is 15.3 Å². The van der Waals surface area contributed by atoms with Crippen LogP contribution < -0.4 is 5.32 Å². The number of aromatic nitrogens is 1. The minimum atomic E-state index is -0.934. The lowest BCUT2D eigenvalue weighted by Gasteiger charge is -2.27. The number of allylic oxidation sites excluding steroid dienone is 1. The maximum Gasteiger partial charge on any atom is 0.338 e. The van der Waals surface area contributed by atoms with Crippen molar-refractivity contribution >= 4 is 40.7 Å². The van der Waals surface area contributed by atoms with Crippen molar-refractivity contribution in [1.82, 2.24) is 10.3 Å². The predicted octanol–water partition coefficient (Wildman–Crippen LogP) is 4.10. The Kier molecular flexibility index (Phi) is 7.17. The average Bonchev–Trinajstić information content (AvgIpc) is 3.22.